The van der Waals surface area contributed by atoms with Crippen molar-refractivity contribution in [3.63, 3.8) is 0 Å². The van der Waals surface area contributed by atoms with E-state index >= 15 is 0 Å². The van der Waals surface area contributed by atoms with Crippen molar-refractivity contribution in [2.75, 3.05) is 26.2 Å². The van der Waals surface area contributed by atoms with Gasteiger partial charge < -0.3 is 20.1 Å². The highest BCUT2D eigenvalue weighted by atomic mass is 16.6. The summed E-state index contributed by atoms with van der Waals surface area (Å²) < 4.78 is 10.8. The molecule has 2 aliphatic rings. The summed E-state index contributed by atoms with van der Waals surface area (Å²) in [5.41, 5.74) is 1.27. The standard InChI is InChI=1S/C18H25N3O4/c1-13-9-16(17(22)25-13)20-18(23)19-10-15-12-21(7-8-24-15)11-14-5-3-2-4-6-14/h2-6,13,15-16H,7-12H2,1H3,(H2,19,20,23). The van der Waals surface area contributed by atoms with Gasteiger partial charge in [-0.1, -0.05) is 30.3 Å². The third kappa shape index (κ3) is 5.17. The van der Waals surface area contributed by atoms with Crippen LogP contribution in [0.2, 0.25) is 0 Å². The minimum atomic E-state index is -0.558. The van der Waals surface area contributed by atoms with Gasteiger partial charge in [-0.05, 0) is 12.5 Å². The van der Waals surface area contributed by atoms with Crippen LogP contribution in [0.4, 0.5) is 4.79 Å². The van der Waals surface area contributed by atoms with Crippen molar-refractivity contribution in [1.82, 2.24) is 15.5 Å². The number of cyclic esters (lactones) is 1. The van der Waals surface area contributed by atoms with Crippen LogP contribution in [0, 0.1) is 0 Å². The Balaban J connectivity index is 1.40. The quantitative estimate of drug-likeness (QED) is 0.774. The van der Waals surface area contributed by atoms with Gasteiger partial charge in [-0.3, -0.25) is 4.90 Å². The fraction of sp³-hybridized carbons (Fsp3) is 0.556. The highest BCUT2D eigenvalue weighted by Gasteiger charge is 2.33. The Hall–Kier alpha value is -2.12. The number of nitrogens with one attached hydrogen (secondary N) is 2. The topological polar surface area (TPSA) is 79.9 Å². The molecule has 25 heavy (non-hydrogen) atoms. The van der Waals surface area contributed by atoms with Gasteiger partial charge in [-0.15, -0.1) is 0 Å². The molecule has 2 fully saturated rings. The van der Waals surface area contributed by atoms with Gasteiger partial charge >= 0.3 is 12.0 Å². The summed E-state index contributed by atoms with van der Waals surface area (Å²) in [6.07, 6.45) is 0.306. The molecular weight excluding hydrogens is 322 g/mol. The maximum Gasteiger partial charge on any atom is 0.329 e. The Morgan fingerprint density at radius 1 is 1.32 bits per heavy atom. The lowest BCUT2D eigenvalue weighted by molar-refractivity contribution is -0.142. The lowest BCUT2D eigenvalue weighted by Gasteiger charge is -2.33. The van der Waals surface area contributed by atoms with Crippen LogP contribution < -0.4 is 10.6 Å². The fourth-order valence-corrected chi connectivity index (χ4v) is 3.18. The first-order valence-electron chi connectivity index (χ1n) is 8.73. The van der Waals surface area contributed by atoms with E-state index in [-0.39, 0.29) is 24.2 Å². The lowest BCUT2D eigenvalue weighted by Crippen LogP contribution is -2.50. The molecule has 3 unspecified atom stereocenters. The van der Waals surface area contributed by atoms with E-state index < -0.39 is 6.04 Å². The van der Waals surface area contributed by atoms with Crippen molar-refractivity contribution in [3.8, 4) is 0 Å². The maximum absolute atomic E-state index is 12.0. The number of hydrogen-bond acceptors (Lipinski definition) is 5. The molecule has 0 radical (unpaired) electrons. The summed E-state index contributed by atoms with van der Waals surface area (Å²) in [5, 5.41) is 5.45. The number of urea groups is 1. The summed E-state index contributed by atoms with van der Waals surface area (Å²) >= 11 is 0. The Morgan fingerprint density at radius 3 is 2.84 bits per heavy atom. The average Bonchev–Trinajstić information content (AvgIpc) is 2.91. The van der Waals surface area contributed by atoms with E-state index in [1.54, 1.807) is 0 Å². The highest BCUT2D eigenvalue weighted by molar-refractivity contribution is 5.84. The summed E-state index contributed by atoms with van der Waals surface area (Å²) in [4.78, 5) is 25.8. The van der Waals surface area contributed by atoms with Gasteiger partial charge in [0.2, 0.25) is 0 Å². The summed E-state index contributed by atoms with van der Waals surface area (Å²) in [7, 11) is 0. The number of hydrogen-bond donors (Lipinski definition) is 2. The number of amides is 2. The van der Waals surface area contributed by atoms with E-state index in [4.69, 9.17) is 9.47 Å². The molecule has 0 aromatic heterocycles. The SMILES string of the molecule is CC1CC(NC(=O)NCC2CN(Cc3ccccc3)CCO2)C(=O)O1. The van der Waals surface area contributed by atoms with Crippen molar-refractivity contribution in [2.45, 2.75) is 38.1 Å². The van der Waals surface area contributed by atoms with Crippen LogP contribution in [-0.2, 0) is 20.8 Å². The molecule has 7 heteroatoms. The molecule has 1 aromatic carbocycles. The van der Waals surface area contributed by atoms with Crippen LogP contribution in [0.1, 0.15) is 18.9 Å². The molecule has 1 aromatic rings. The molecule has 0 spiro atoms. The van der Waals surface area contributed by atoms with Gasteiger partial charge in [0.15, 0.2) is 0 Å². The van der Waals surface area contributed by atoms with Crippen LogP contribution >= 0.6 is 0 Å². The van der Waals surface area contributed by atoms with Gasteiger partial charge in [0.05, 0.1) is 12.7 Å². The zero-order valence-corrected chi connectivity index (χ0v) is 14.4. The second-order valence-corrected chi connectivity index (χ2v) is 6.60. The molecule has 0 saturated carbocycles. The van der Waals surface area contributed by atoms with Gasteiger partial charge in [0.1, 0.15) is 12.1 Å². The third-order valence-electron chi connectivity index (χ3n) is 4.44. The zero-order valence-electron chi connectivity index (χ0n) is 14.4. The minimum absolute atomic E-state index is 0.0577. The Kier molecular flexibility index (Phi) is 5.88. The summed E-state index contributed by atoms with van der Waals surface area (Å²) in [6, 6.07) is 9.38. The second kappa shape index (κ2) is 8.31. The maximum atomic E-state index is 12.0. The van der Waals surface area contributed by atoms with Crippen LogP contribution in [0.5, 0.6) is 0 Å². The summed E-state index contributed by atoms with van der Waals surface area (Å²) in [6.45, 7) is 5.39. The molecule has 2 saturated heterocycles. The first-order valence-corrected chi connectivity index (χ1v) is 8.73. The first-order chi connectivity index (χ1) is 12.1. The molecule has 3 rings (SSSR count). The lowest BCUT2D eigenvalue weighted by atomic mass is 10.2. The predicted molar refractivity (Wildman–Crippen MR) is 92.0 cm³/mol. The molecule has 0 aliphatic carbocycles. The van der Waals surface area contributed by atoms with Crippen molar-refractivity contribution in [3.05, 3.63) is 35.9 Å². The van der Waals surface area contributed by atoms with Crippen molar-refractivity contribution >= 4 is 12.0 Å². The van der Waals surface area contributed by atoms with Crippen LogP contribution in [0.3, 0.4) is 0 Å². The molecule has 136 valence electrons. The van der Waals surface area contributed by atoms with E-state index in [1.807, 2.05) is 25.1 Å². The third-order valence-corrected chi connectivity index (χ3v) is 4.44. The zero-order chi connectivity index (χ0) is 17.6. The average molecular weight is 347 g/mol. The fourth-order valence-electron chi connectivity index (χ4n) is 3.18. The Labute approximate surface area is 147 Å². The van der Waals surface area contributed by atoms with E-state index in [9.17, 15) is 9.59 Å². The Bertz CT molecular complexity index is 595. The monoisotopic (exact) mass is 347 g/mol. The number of esters is 1. The number of benzene rings is 1. The van der Waals surface area contributed by atoms with E-state index in [0.29, 0.717) is 19.6 Å². The Morgan fingerprint density at radius 2 is 2.12 bits per heavy atom. The number of morpholine rings is 1. The number of rotatable bonds is 5. The van der Waals surface area contributed by atoms with Crippen molar-refractivity contribution in [2.24, 2.45) is 0 Å². The van der Waals surface area contributed by atoms with E-state index in [2.05, 4.69) is 27.7 Å². The van der Waals surface area contributed by atoms with Gasteiger partial charge in [0, 0.05) is 32.6 Å². The minimum Gasteiger partial charge on any atom is -0.461 e. The number of carbonyl (C=O) groups excluding carboxylic acids is 2. The molecule has 2 heterocycles. The van der Waals surface area contributed by atoms with Crippen molar-refractivity contribution < 1.29 is 19.1 Å². The number of nitrogens with zero attached hydrogens (tertiary/aromatic N) is 1. The second-order valence-electron chi connectivity index (χ2n) is 6.60. The molecule has 0 bridgehead atoms. The predicted octanol–water partition coefficient (Wildman–Crippen LogP) is 0.891. The smallest absolute Gasteiger partial charge is 0.329 e. The molecule has 2 N–H and O–H groups in total. The number of carbonyl (C=O) groups is 2. The van der Waals surface area contributed by atoms with Crippen LogP contribution in [0.25, 0.3) is 0 Å². The van der Waals surface area contributed by atoms with Crippen LogP contribution in [0.15, 0.2) is 30.3 Å². The molecule has 2 aliphatic heterocycles. The van der Waals surface area contributed by atoms with Gasteiger partial charge in [-0.2, -0.15) is 0 Å². The number of ether oxygens (including phenoxy) is 2. The molecular formula is C18H25N3O4. The molecule has 2 amide bonds. The molecule has 3 atom stereocenters. The van der Waals surface area contributed by atoms with E-state index in [1.165, 1.54) is 5.56 Å². The van der Waals surface area contributed by atoms with E-state index in [0.717, 1.165) is 19.6 Å². The molecule has 7 nitrogen and oxygen atoms in total. The normalized spacial score (nSPS) is 26.9. The highest BCUT2D eigenvalue weighted by Crippen LogP contribution is 2.14. The van der Waals surface area contributed by atoms with Crippen molar-refractivity contribution in [1.29, 1.82) is 0 Å². The first kappa shape index (κ1) is 17.7. The van der Waals surface area contributed by atoms with Gasteiger partial charge in [0.25, 0.3) is 0 Å². The van der Waals surface area contributed by atoms with Gasteiger partial charge in [-0.25, -0.2) is 9.59 Å². The summed E-state index contributed by atoms with van der Waals surface area (Å²) in [5.74, 6) is -0.370. The largest absolute Gasteiger partial charge is 0.461 e. The van der Waals surface area contributed by atoms with Crippen LogP contribution in [-0.4, -0.2) is 61.4 Å².